The van der Waals surface area contributed by atoms with Crippen molar-refractivity contribution >= 4 is 6.03 Å². The van der Waals surface area contributed by atoms with Crippen LogP contribution in [0.5, 0.6) is 0 Å². The highest BCUT2D eigenvalue weighted by Crippen LogP contribution is 2.12. The molecule has 0 saturated heterocycles. The minimum Gasteiger partial charge on any atom is -0.338 e. The van der Waals surface area contributed by atoms with Gasteiger partial charge in [0, 0.05) is 32.1 Å². The second-order valence-corrected chi connectivity index (χ2v) is 6.68. The van der Waals surface area contributed by atoms with Crippen molar-refractivity contribution in [2.75, 3.05) is 6.54 Å². The van der Waals surface area contributed by atoms with Crippen molar-refractivity contribution in [3.8, 4) is 0 Å². The quantitative estimate of drug-likeness (QED) is 0.832. The molecule has 0 saturated carbocycles. The lowest BCUT2D eigenvalue weighted by molar-refractivity contribution is 0.235. The fourth-order valence-electron chi connectivity index (χ4n) is 2.77. The second-order valence-electron chi connectivity index (χ2n) is 6.68. The molecule has 1 aromatic heterocycles. The summed E-state index contributed by atoms with van der Waals surface area (Å²) in [4.78, 5) is 24.2. The highest BCUT2D eigenvalue weighted by Gasteiger charge is 2.21. The maximum atomic E-state index is 12.4. The van der Waals surface area contributed by atoms with Gasteiger partial charge in [-0.1, -0.05) is 20.8 Å². The van der Waals surface area contributed by atoms with Gasteiger partial charge in [0.15, 0.2) is 0 Å². The molecule has 0 bridgehead atoms. The Kier molecular flexibility index (Phi) is 6.24. The number of nitrogens with zero attached hydrogens (tertiary/aromatic N) is 3. The van der Waals surface area contributed by atoms with Crippen LogP contribution >= 0.6 is 0 Å². The molecule has 1 atom stereocenters. The number of rotatable bonds is 6. The maximum absolute atomic E-state index is 12.4. The van der Waals surface area contributed by atoms with E-state index >= 15 is 0 Å². The molecule has 7 nitrogen and oxygen atoms in total. The smallest absolute Gasteiger partial charge is 0.338 e. The Bertz CT molecular complexity index is 576. The molecule has 1 aliphatic rings. The number of hydrogen-bond donors (Lipinski definition) is 2. The van der Waals surface area contributed by atoms with Crippen LogP contribution in [0.15, 0.2) is 4.79 Å². The number of nitrogens with one attached hydrogen (secondary N) is 2. The molecule has 0 aliphatic carbocycles. The van der Waals surface area contributed by atoms with Gasteiger partial charge in [0.05, 0.1) is 0 Å². The zero-order valence-electron chi connectivity index (χ0n) is 14.5. The van der Waals surface area contributed by atoms with E-state index in [0.29, 0.717) is 25.6 Å². The molecule has 7 heteroatoms. The van der Waals surface area contributed by atoms with Gasteiger partial charge in [-0.05, 0) is 31.6 Å². The molecule has 0 aromatic carbocycles. The summed E-state index contributed by atoms with van der Waals surface area (Å²) in [6, 6.07) is -0.0252. The minimum absolute atomic E-state index is 0.0169. The van der Waals surface area contributed by atoms with E-state index in [0.717, 1.165) is 37.9 Å². The number of urea groups is 1. The van der Waals surface area contributed by atoms with E-state index in [9.17, 15) is 9.59 Å². The molecule has 0 fully saturated rings. The first-order valence-corrected chi connectivity index (χ1v) is 8.72. The van der Waals surface area contributed by atoms with Crippen molar-refractivity contribution in [3.05, 3.63) is 16.3 Å². The van der Waals surface area contributed by atoms with E-state index in [2.05, 4.69) is 29.6 Å². The highest BCUT2D eigenvalue weighted by atomic mass is 16.2. The molecule has 1 unspecified atom stereocenters. The van der Waals surface area contributed by atoms with Gasteiger partial charge in [-0.15, -0.1) is 0 Å². The van der Waals surface area contributed by atoms with Crippen molar-refractivity contribution in [1.29, 1.82) is 0 Å². The predicted octanol–water partition coefficient (Wildman–Crippen LogP) is 1.50. The molecule has 23 heavy (non-hydrogen) atoms. The van der Waals surface area contributed by atoms with E-state index in [-0.39, 0.29) is 17.8 Å². The molecule has 2 N–H and O–H groups in total. The highest BCUT2D eigenvalue weighted by molar-refractivity contribution is 5.74. The van der Waals surface area contributed by atoms with Crippen molar-refractivity contribution in [2.24, 2.45) is 5.92 Å². The zero-order chi connectivity index (χ0) is 16.8. The lowest BCUT2D eigenvalue weighted by atomic mass is 10.1. The largest absolute Gasteiger partial charge is 0.345 e. The lowest BCUT2D eigenvalue weighted by Gasteiger charge is -2.16. The molecule has 130 valence electrons. The summed E-state index contributed by atoms with van der Waals surface area (Å²) in [6.07, 6.45) is 4.19. The SMILES string of the molecule is CCCNC(=O)NC1CCc2nn(CCC(C)C)c(=O)n2CC1. The molecule has 0 radical (unpaired) electrons. The van der Waals surface area contributed by atoms with Crippen molar-refractivity contribution in [1.82, 2.24) is 25.0 Å². The van der Waals surface area contributed by atoms with Gasteiger partial charge in [-0.3, -0.25) is 4.57 Å². The van der Waals surface area contributed by atoms with E-state index in [1.807, 2.05) is 6.92 Å². The molecular weight excluding hydrogens is 294 g/mol. The Morgan fingerprint density at radius 1 is 1.39 bits per heavy atom. The number of carbonyl (C=O) groups excluding carboxylic acids is 1. The summed E-state index contributed by atoms with van der Waals surface area (Å²) >= 11 is 0. The molecular formula is C16H29N5O2. The van der Waals surface area contributed by atoms with Gasteiger partial charge < -0.3 is 10.6 Å². The van der Waals surface area contributed by atoms with Crippen LogP contribution in [0.4, 0.5) is 4.79 Å². The normalized spacial score (nSPS) is 17.7. The van der Waals surface area contributed by atoms with Crippen LogP contribution in [0.1, 0.15) is 52.3 Å². The molecule has 1 aromatic rings. The first-order chi connectivity index (χ1) is 11.0. The summed E-state index contributed by atoms with van der Waals surface area (Å²) < 4.78 is 3.36. The van der Waals surface area contributed by atoms with Crippen molar-refractivity contribution < 1.29 is 4.79 Å². The summed E-state index contributed by atoms with van der Waals surface area (Å²) in [7, 11) is 0. The monoisotopic (exact) mass is 323 g/mol. The van der Waals surface area contributed by atoms with Crippen LogP contribution in [0, 0.1) is 5.92 Å². The van der Waals surface area contributed by atoms with E-state index in [1.165, 1.54) is 0 Å². The third-order valence-electron chi connectivity index (χ3n) is 4.21. The summed E-state index contributed by atoms with van der Waals surface area (Å²) in [5, 5.41) is 10.3. The predicted molar refractivity (Wildman–Crippen MR) is 89.5 cm³/mol. The summed E-state index contributed by atoms with van der Waals surface area (Å²) in [5.41, 5.74) is -0.0169. The van der Waals surface area contributed by atoms with E-state index < -0.39 is 0 Å². The third-order valence-corrected chi connectivity index (χ3v) is 4.21. The average Bonchev–Trinajstić information content (AvgIpc) is 2.67. The number of carbonyl (C=O) groups is 1. The molecule has 0 spiro atoms. The van der Waals surface area contributed by atoms with Gasteiger partial charge in [0.25, 0.3) is 0 Å². The van der Waals surface area contributed by atoms with Crippen LogP contribution in [-0.4, -0.2) is 33.0 Å². The van der Waals surface area contributed by atoms with Gasteiger partial charge in [-0.25, -0.2) is 14.3 Å². The molecule has 2 amide bonds. The van der Waals surface area contributed by atoms with Gasteiger partial charge in [0.2, 0.25) is 0 Å². The average molecular weight is 323 g/mol. The van der Waals surface area contributed by atoms with Crippen LogP contribution < -0.4 is 16.3 Å². The van der Waals surface area contributed by atoms with Gasteiger partial charge in [0.1, 0.15) is 5.82 Å². The number of hydrogen-bond acceptors (Lipinski definition) is 3. The fraction of sp³-hybridized carbons (Fsp3) is 0.812. The van der Waals surface area contributed by atoms with Gasteiger partial charge >= 0.3 is 11.7 Å². The maximum Gasteiger partial charge on any atom is 0.345 e. The Morgan fingerprint density at radius 2 is 2.17 bits per heavy atom. The summed E-state index contributed by atoms with van der Waals surface area (Å²) in [5.74, 6) is 1.40. The van der Waals surface area contributed by atoms with Crippen LogP contribution in [0.25, 0.3) is 0 Å². The molecule has 2 rings (SSSR count). The Hall–Kier alpha value is -1.79. The van der Waals surface area contributed by atoms with Crippen LogP contribution in [0.2, 0.25) is 0 Å². The summed E-state index contributed by atoms with van der Waals surface area (Å²) in [6.45, 7) is 8.29. The van der Waals surface area contributed by atoms with Crippen LogP contribution in [-0.2, 0) is 19.5 Å². The Morgan fingerprint density at radius 3 is 2.87 bits per heavy atom. The number of aromatic nitrogens is 3. The van der Waals surface area contributed by atoms with Crippen molar-refractivity contribution in [3.63, 3.8) is 0 Å². The number of amides is 2. The lowest BCUT2D eigenvalue weighted by Crippen LogP contribution is -2.42. The fourth-order valence-corrected chi connectivity index (χ4v) is 2.77. The molecule has 1 aliphatic heterocycles. The van der Waals surface area contributed by atoms with E-state index in [1.54, 1.807) is 9.25 Å². The Balaban J connectivity index is 1.94. The first kappa shape index (κ1) is 17.6. The third kappa shape index (κ3) is 4.84. The first-order valence-electron chi connectivity index (χ1n) is 8.72. The van der Waals surface area contributed by atoms with E-state index in [4.69, 9.17) is 0 Å². The molecule has 2 heterocycles. The second kappa shape index (κ2) is 8.17. The minimum atomic E-state index is -0.120. The Labute approximate surface area is 137 Å². The van der Waals surface area contributed by atoms with Crippen LogP contribution in [0.3, 0.4) is 0 Å². The topological polar surface area (TPSA) is 81.0 Å². The van der Waals surface area contributed by atoms with Gasteiger partial charge in [-0.2, -0.15) is 5.10 Å². The number of fused-ring (bicyclic) bond motifs is 1. The standard InChI is InChI=1S/C16H29N5O2/c1-4-9-17-15(22)18-13-5-6-14-19-21(11-7-12(2)3)16(23)20(14)10-8-13/h12-13H,4-11H2,1-3H3,(H2,17,18,22). The van der Waals surface area contributed by atoms with Crippen molar-refractivity contribution in [2.45, 2.75) is 72.0 Å². The zero-order valence-corrected chi connectivity index (χ0v) is 14.5. The number of aryl methyl sites for hydroxylation is 2.